The minimum Gasteiger partial charge on any atom is -0.388 e. The SMILES string of the molecule is CCC(C)(CC)CC(O)c1ccccc1. The number of hydrogen-bond donors (Lipinski definition) is 1. The van der Waals surface area contributed by atoms with Crippen LogP contribution in [0.25, 0.3) is 0 Å². The van der Waals surface area contributed by atoms with Gasteiger partial charge in [0.15, 0.2) is 0 Å². The number of aliphatic hydroxyl groups excluding tert-OH is 1. The van der Waals surface area contributed by atoms with Crippen LogP contribution < -0.4 is 0 Å². The van der Waals surface area contributed by atoms with E-state index < -0.39 is 0 Å². The van der Waals surface area contributed by atoms with E-state index >= 15 is 0 Å². The average Bonchev–Trinajstić information content (AvgIpc) is 2.30. The molecule has 1 N–H and O–H groups in total. The quantitative estimate of drug-likeness (QED) is 0.773. The van der Waals surface area contributed by atoms with E-state index in [1.165, 1.54) is 0 Å². The second kappa shape index (κ2) is 5.32. The molecule has 0 spiro atoms. The maximum absolute atomic E-state index is 10.1. The largest absolute Gasteiger partial charge is 0.388 e. The van der Waals surface area contributed by atoms with E-state index in [0.29, 0.717) is 0 Å². The van der Waals surface area contributed by atoms with Gasteiger partial charge in [-0.1, -0.05) is 63.9 Å². The standard InChI is InChI=1S/C14H22O/c1-4-14(3,5-2)11-13(15)12-9-7-6-8-10-12/h6-10,13,15H,4-5,11H2,1-3H3. The van der Waals surface area contributed by atoms with Crippen LogP contribution in [0.15, 0.2) is 30.3 Å². The van der Waals surface area contributed by atoms with Crippen molar-refractivity contribution < 1.29 is 5.11 Å². The Morgan fingerprint density at radius 1 is 1.13 bits per heavy atom. The van der Waals surface area contributed by atoms with E-state index in [2.05, 4.69) is 20.8 Å². The molecule has 1 nitrogen and oxygen atoms in total. The maximum atomic E-state index is 10.1. The Hall–Kier alpha value is -0.820. The van der Waals surface area contributed by atoms with E-state index in [1.54, 1.807) is 0 Å². The lowest BCUT2D eigenvalue weighted by atomic mass is 9.78. The fraction of sp³-hybridized carbons (Fsp3) is 0.571. The number of hydrogen-bond acceptors (Lipinski definition) is 1. The van der Waals surface area contributed by atoms with E-state index in [0.717, 1.165) is 24.8 Å². The molecular weight excluding hydrogens is 184 g/mol. The summed E-state index contributed by atoms with van der Waals surface area (Å²) in [6.45, 7) is 6.64. The molecule has 0 aliphatic rings. The molecule has 0 amide bonds. The molecule has 0 aromatic heterocycles. The van der Waals surface area contributed by atoms with Crippen molar-refractivity contribution in [1.82, 2.24) is 0 Å². The summed E-state index contributed by atoms with van der Waals surface area (Å²) in [7, 11) is 0. The molecule has 1 aromatic carbocycles. The van der Waals surface area contributed by atoms with Crippen molar-refractivity contribution in [2.24, 2.45) is 5.41 Å². The molecular formula is C14H22O. The molecule has 15 heavy (non-hydrogen) atoms. The molecule has 1 rings (SSSR count). The van der Waals surface area contributed by atoms with Crippen molar-refractivity contribution in [3.8, 4) is 0 Å². The van der Waals surface area contributed by atoms with Crippen molar-refractivity contribution in [3.05, 3.63) is 35.9 Å². The van der Waals surface area contributed by atoms with Crippen molar-refractivity contribution in [2.75, 3.05) is 0 Å². The van der Waals surface area contributed by atoms with E-state index in [4.69, 9.17) is 0 Å². The van der Waals surface area contributed by atoms with Gasteiger partial charge in [0.1, 0.15) is 0 Å². The second-order valence-electron chi connectivity index (χ2n) is 4.65. The molecule has 0 bridgehead atoms. The summed E-state index contributed by atoms with van der Waals surface area (Å²) >= 11 is 0. The van der Waals surface area contributed by atoms with Gasteiger partial charge in [0.2, 0.25) is 0 Å². The molecule has 1 atom stereocenters. The first-order chi connectivity index (χ1) is 7.11. The Morgan fingerprint density at radius 3 is 2.13 bits per heavy atom. The normalized spacial score (nSPS) is 13.9. The van der Waals surface area contributed by atoms with Crippen molar-refractivity contribution in [3.63, 3.8) is 0 Å². The van der Waals surface area contributed by atoms with Crippen LogP contribution in [0, 0.1) is 5.41 Å². The third-order valence-electron chi connectivity index (χ3n) is 3.58. The molecule has 0 heterocycles. The number of rotatable bonds is 5. The van der Waals surface area contributed by atoms with Crippen LogP contribution in [0.1, 0.15) is 51.7 Å². The minimum atomic E-state index is -0.323. The van der Waals surface area contributed by atoms with Gasteiger partial charge in [0.25, 0.3) is 0 Å². The van der Waals surface area contributed by atoms with Crippen LogP contribution in [0.4, 0.5) is 0 Å². The Kier molecular flexibility index (Phi) is 4.34. The first-order valence-electron chi connectivity index (χ1n) is 5.84. The highest BCUT2D eigenvalue weighted by atomic mass is 16.3. The predicted octanol–water partition coefficient (Wildman–Crippen LogP) is 3.94. The summed E-state index contributed by atoms with van der Waals surface area (Å²) < 4.78 is 0. The third kappa shape index (κ3) is 3.35. The minimum absolute atomic E-state index is 0.259. The Morgan fingerprint density at radius 2 is 1.67 bits per heavy atom. The highest BCUT2D eigenvalue weighted by Gasteiger charge is 2.24. The van der Waals surface area contributed by atoms with Gasteiger partial charge in [0.05, 0.1) is 6.10 Å². The topological polar surface area (TPSA) is 20.2 Å². The van der Waals surface area contributed by atoms with Gasteiger partial charge in [-0.15, -0.1) is 0 Å². The molecule has 0 saturated heterocycles. The predicted molar refractivity (Wildman–Crippen MR) is 64.7 cm³/mol. The fourth-order valence-electron chi connectivity index (χ4n) is 1.80. The summed E-state index contributed by atoms with van der Waals surface area (Å²) in [5, 5.41) is 10.1. The van der Waals surface area contributed by atoms with Crippen molar-refractivity contribution in [1.29, 1.82) is 0 Å². The lowest BCUT2D eigenvalue weighted by Crippen LogP contribution is -2.18. The smallest absolute Gasteiger partial charge is 0.0795 e. The molecule has 0 fully saturated rings. The van der Waals surface area contributed by atoms with Crippen LogP contribution in [0.3, 0.4) is 0 Å². The number of aliphatic hydroxyl groups is 1. The van der Waals surface area contributed by atoms with Crippen molar-refractivity contribution in [2.45, 2.75) is 46.1 Å². The monoisotopic (exact) mass is 206 g/mol. The van der Waals surface area contributed by atoms with Gasteiger partial charge in [-0.05, 0) is 17.4 Å². The Bertz CT molecular complexity index is 275. The van der Waals surface area contributed by atoms with Gasteiger partial charge < -0.3 is 5.11 Å². The van der Waals surface area contributed by atoms with Crippen molar-refractivity contribution >= 4 is 0 Å². The van der Waals surface area contributed by atoms with E-state index in [9.17, 15) is 5.11 Å². The maximum Gasteiger partial charge on any atom is 0.0795 e. The first kappa shape index (κ1) is 12.3. The van der Waals surface area contributed by atoms with Gasteiger partial charge in [-0.2, -0.15) is 0 Å². The van der Waals surface area contributed by atoms with E-state index in [1.807, 2.05) is 30.3 Å². The molecule has 0 saturated carbocycles. The Balaban J connectivity index is 2.67. The molecule has 0 radical (unpaired) electrons. The fourth-order valence-corrected chi connectivity index (χ4v) is 1.80. The van der Waals surface area contributed by atoms with Crippen LogP contribution in [-0.4, -0.2) is 5.11 Å². The molecule has 1 heteroatoms. The Labute approximate surface area is 93.1 Å². The van der Waals surface area contributed by atoms with Crippen LogP contribution in [0.5, 0.6) is 0 Å². The average molecular weight is 206 g/mol. The highest BCUT2D eigenvalue weighted by Crippen LogP contribution is 2.35. The van der Waals surface area contributed by atoms with Crippen LogP contribution in [-0.2, 0) is 0 Å². The highest BCUT2D eigenvalue weighted by molar-refractivity contribution is 5.17. The van der Waals surface area contributed by atoms with Gasteiger partial charge in [-0.3, -0.25) is 0 Å². The number of benzene rings is 1. The zero-order chi connectivity index (χ0) is 11.3. The summed E-state index contributed by atoms with van der Waals surface area (Å²) in [6.07, 6.45) is 2.77. The zero-order valence-corrected chi connectivity index (χ0v) is 10.0. The summed E-state index contributed by atoms with van der Waals surface area (Å²) in [6, 6.07) is 9.93. The van der Waals surface area contributed by atoms with Gasteiger partial charge in [0, 0.05) is 0 Å². The van der Waals surface area contributed by atoms with Crippen LogP contribution in [0.2, 0.25) is 0 Å². The third-order valence-corrected chi connectivity index (χ3v) is 3.58. The summed E-state index contributed by atoms with van der Waals surface area (Å²) in [5.41, 5.74) is 1.29. The molecule has 1 aromatic rings. The van der Waals surface area contributed by atoms with Crippen LogP contribution >= 0.6 is 0 Å². The van der Waals surface area contributed by atoms with E-state index in [-0.39, 0.29) is 11.5 Å². The lowest BCUT2D eigenvalue weighted by molar-refractivity contribution is 0.100. The molecule has 1 unspecified atom stereocenters. The molecule has 0 aliphatic heterocycles. The molecule has 0 aliphatic carbocycles. The first-order valence-corrected chi connectivity index (χ1v) is 5.84. The summed E-state index contributed by atoms with van der Waals surface area (Å²) in [4.78, 5) is 0. The summed E-state index contributed by atoms with van der Waals surface area (Å²) in [5.74, 6) is 0. The zero-order valence-electron chi connectivity index (χ0n) is 10.0. The molecule has 84 valence electrons. The van der Waals surface area contributed by atoms with Gasteiger partial charge >= 0.3 is 0 Å². The lowest BCUT2D eigenvalue weighted by Gasteiger charge is -2.29. The van der Waals surface area contributed by atoms with Gasteiger partial charge in [-0.25, -0.2) is 0 Å². The second-order valence-corrected chi connectivity index (χ2v) is 4.65.